The van der Waals surface area contributed by atoms with Gasteiger partial charge in [0.05, 0.1) is 11.1 Å². The van der Waals surface area contributed by atoms with Crippen molar-refractivity contribution in [3.05, 3.63) is 71.3 Å². The van der Waals surface area contributed by atoms with Crippen molar-refractivity contribution in [1.82, 2.24) is 10.6 Å². The largest absolute Gasteiger partial charge is 0.445 e. The predicted octanol–water partition coefficient (Wildman–Crippen LogP) is 3.74. The molecule has 2 aromatic rings. The molecule has 0 aliphatic heterocycles. The van der Waals surface area contributed by atoms with Crippen LogP contribution >= 0.6 is 0 Å². The Kier molecular flexibility index (Phi) is 6.62. The van der Waals surface area contributed by atoms with E-state index < -0.39 is 36.0 Å². The SMILES string of the molecule is CC(C)(O)C1(NCC(NC(=O)OCc2ccccc2)C(F)(F)F)Cc2ccccc2C1. The minimum Gasteiger partial charge on any atom is -0.445 e. The van der Waals surface area contributed by atoms with Crippen LogP contribution < -0.4 is 10.6 Å². The van der Waals surface area contributed by atoms with Crippen LogP contribution in [0.15, 0.2) is 54.6 Å². The summed E-state index contributed by atoms with van der Waals surface area (Å²) < 4.78 is 45.8. The van der Waals surface area contributed by atoms with Gasteiger partial charge in [-0.2, -0.15) is 13.2 Å². The molecule has 0 saturated heterocycles. The first-order chi connectivity index (χ1) is 14.5. The molecule has 3 N–H and O–H groups in total. The van der Waals surface area contributed by atoms with E-state index in [1.807, 2.05) is 29.6 Å². The van der Waals surface area contributed by atoms with Crippen LogP contribution in [0, 0.1) is 0 Å². The monoisotopic (exact) mass is 436 g/mol. The van der Waals surface area contributed by atoms with Crippen LogP contribution in [-0.2, 0) is 24.2 Å². The molecule has 0 bridgehead atoms. The molecular formula is C23H27F3N2O3. The van der Waals surface area contributed by atoms with Crippen LogP contribution in [0.3, 0.4) is 0 Å². The smallest absolute Gasteiger partial charge is 0.409 e. The molecule has 1 amide bonds. The molecule has 168 valence electrons. The highest BCUT2D eigenvalue weighted by Crippen LogP contribution is 2.37. The van der Waals surface area contributed by atoms with Gasteiger partial charge in [-0.05, 0) is 43.4 Å². The summed E-state index contributed by atoms with van der Waals surface area (Å²) in [5.41, 5.74) is 0.349. The normalized spacial score (nSPS) is 16.5. The molecule has 5 nitrogen and oxygen atoms in total. The van der Waals surface area contributed by atoms with Crippen LogP contribution in [0.4, 0.5) is 18.0 Å². The van der Waals surface area contributed by atoms with E-state index in [0.717, 1.165) is 11.1 Å². The van der Waals surface area contributed by atoms with Crippen molar-refractivity contribution in [3.63, 3.8) is 0 Å². The fourth-order valence-corrected chi connectivity index (χ4v) is 3.84. The van der Waals surface area contributed by atoms with Crippen molar-refractivity contribution in [1.29, 1.82) is 0 Å². The molecule has 1 atom stereocenters. The van der Waals surface area contributed by atoms with Crippen LogP contribution in [0.2, 0.25) is 0 Å². The fraction of sp³-hybridized carbons (Fsp3) is 0.435. The van der Waals surface area contributed by atoms with Crippen LogP contribution in [0.5, 0.6) is 0 Å². The van der Waals surface area contributed by atoms with E-state index >= 15 is 0 Å². The Morgan fingerprint density at radius 3 is 2.13 bits per heavy atom. The number of carbonyl (C=O) groups is 1. The van der Waals surface area contributed by atoms with Crippen molar-refractivity contribution in [2.45, 2.75) is 56.7 Å². The number of hydrogen-bond donors (Lipinski definition) is 3. The van der Waals surface area contributed by atoms with E-state index in [1.54, 1.807) is 44.2 Å². The summed E-state index contributed by atoms with van der Waals surface area (Å²) in [5.74, 6) is 0. The van der Waals surface area contributed by atoms with Crippen molar-refractivity contribution >= 4 is 6.09 Å². The van der Waals surface area contributed by atoms with Gasteiger partial charge in [-0.3, -0.25) is 0 Å². The summed E-state index contributed by atoms with van der Waals surface area (Å²) in [6.07, 6.45) is -5.07. The first-order valence-corrected chi connectivity index (χ1v) is 10.1. The number of alkyl halides is 3. The van der Waals surface area contributed by atoms with E-state index in [1.165, 1.54) is 0 Å². The van der Waals surface area contributed by atoms with Gasteiger partial charge in [-0.15, -0.1) is 0 Å². The number of rotatable bonds is 7. The summed E-state index contributed by atoms with van der Waals surface area (Å²) in [6.45, 7) is 2.43. The van der Waals surface area contributed by atoms with Gasteiger partial charge >= 0.3 is 12.3 Å². The number of aliphatic hydroxyl groups is 1. The number of fused-ring (bicyclic) bond motifs is 1. The summed E-state index contributed by atoms with van der Waals surface area (Å²) in [7, 11) is 0. The zero-order chi connectivity index (χ0) is 22.7. The minimum atomic E-state index is -4.69. The molecule has 0 aromatic heterocycles. The molecule has 1 aliphatic carbocycles. The zero-order valence-electron chi connectivity index (χ0n) is 17.5. The topological polar surface area (TPSA) is 70.6 Å². The number of alkyl carbamates (subject to hydrolysis) is 1. The quantitative estimate of drug-likeness (QED) is 0.619. The average molecular weight is 436 g/mol. The predicted molar refractivity (Wildman–Crippen MR) is 110 cm³/mol. The molecule has 0 heterocycles. The Bertz CT molecular complexity index is 870. The summed E-state index contributed by atoms with van der Waals surface area (Å²) in [6, 6.07) is 14.1. The highest BCUT2D eigenvalue weighted by atomic mass is 19.4. The number of carbonyl (C=O) groups excluding carboxylic acids is 1. The molecular weight excluding hydrogens is 409 g/mol. The lowest BCUT2D eigenvalue weighted by atomic mass is 9.79. The molecule has 0 fully saturated rings. The summed E-state index contributed by atoms with van der Waals surface area (Å²) >= 11 is 0. The van der Waals surface area contributed by atoms with Gasteiger partial charge in [0.2, 0.25) is 0 Å². The fourth-order valence-electron chi connectivity index (χ4n) is 3.84. The van der Waals surface area contributed by atoms with Crippen molar-refractivity contribution in [3.8, 4) is 0 Å². The maximum Gasteiger partial charge on any atom is 0.409 e. The molecule has 0 radical (unpaired) electrons. The molecule has 31 heavy (non-hydrogen) atoms. The van der Waals surface area contributed by atoms with Crippen molar-refractivity contribution < 1.29 is 27.8 Å². The second-order valence-corrected chi connectivity index (χ2v) is 8.44. The number of amides is 1. The molecule has 2 aromatic carbocycles. The Morgan fingerprint density at radius 2 is 1.61 bits per heavy atom. The number of halogens is 3. The maximum absolute atomic E-state index is 13.6. The second kappa shape index (κ2) is 8.88. The van der Waals surface area contributed by atoms with E-state index in [9.17, 15) is 23.1 Å². The number of benzene rings is 2. The zero-order valence-corrected chi connectivity index (χ0v) is 17.5. The van der Waals surface area contributed by atoms with E-state index in [4.69, 9.17) is 4.74 Å². The van der Waals surface area contributed by atoms with E-state index in [0.29, 0.717) is 18.4 Å². The number of nitrogens with one attached hydrogen (secondary N) is 2. The van der Waals surface area contributed by atoms with Gasteiger partial charge in [0.25, 0.3) is 0 Å². The van der Waals surface area contributed by atoms with E-state index in [2.05, 4.69) is 5.32 Å². The Labute approximate surface area is 179 Å². The van der Waals surface area contributed by atoms with Gasteiger partial charge in [0.15, 0.2) is 0 Å². The lowest BCUT2D eigenvalue weighted by Crippen LogP contribution is -2.64. The van der Waals surface area contributed by atoms with Crippen LogP contribution in [0.25, 0.3) is 0 Å². The average Bonchev–Trinajstić information content (AvgIpc) is 3.09. The minimum absolute atomic E-state index is 0.131. The van der Waals surface area contributed by atoms with Gasteiger partial charge in [-0.25, -0.2) is 4.79 Å². The second-order valence-electron chi connectivity index (χ2n) is 8.44. The molecule has 8 heteroatoms. The molecule has 1 aliphatic rings. The van der Waals surface area contributed by atoms with Crippen molar-refractivity contribution in [2.75, 3.05) is 6.54 Å². The van der Waals surface area contributed by atoms with Gasteiger partial charge in [0.1, 0.15) is 12.6 Å². The molecule has 0 spiro atoms. The Balaban J connectivity index is 1.67. The number of hydrogen-bond acceptors (Lipinski definition) is 4. The summed E-state index contributed by atoms with van der Waals surface area (Å²) in [4.78, 5) is 12.0. The molecule has 3 rings (SSSR count). The lowest BCUT2D eigenvalue weighted by Gasteiger charge is -2.42. The van der Waals surface area contributed by atoms with Crippen LogP contribution in [0.1, 0.15) is 30.5 Å². The maximum atomic E-state index is 13.6. The van der Waals surface area contributed by atoms with Crippen molar-refractivity contribution in [2.24, 2.45) is 0 Å². The molecule has 1 unspecified atom stereocenters. The Morgan fingerprint density at radius 1 is 1.06 bits per heavy atom. The third kappa shape index (κ3) is 5.57. The highest BCUT2D eigenvalue weighted by Gasteiger charge is 2.50. The van der Waals surface area contributed by atoms with Gasteiger partial charge < -0.3 is 20.5 Å². The number of ether oxygens (including phenoxy) is 1. The van der Waals surface area contributed by atoms with E-state index in [-0.39, 0.29) is 6.61 Å². The third-order valence-corrected chi connectivity index (χ3v) is 5.82. The first-order valence-electron chi connectivity index (χ1n) is 10.1. The summed E-state index contributed by atoms with van der Waals surface area (Å²) in [5, 5.41) is 15.6. The third-order valence-electron chi connectivity index (χ3n) is 5.82. The lowest BCUT2D eigenvalue weighted by molar-refractivity contribution is -0.155. The van der Waals surface area contributed by atoms with Gasteiger partial charge in [0, 0.05) is 6.54 Å². The first kappa shape index (κ1) is 23.1. The van der Waals surface area contributed by atoms with Crippen LogP contribution in [-0.4, -0.2) is 41.1 Å². The Hall–Kier alpha value is -2.58. The standard InChI is InChI=1S/C23H27F3N2O3/c1-21(2,30)22(12-17-10-6-7-11-18(17)13-22)27-14-19(23(24,25)26)28-20(29)31-15-16-8-4-3-5-9-16/h3-11,19,27,30H,12-15H2,1-2H3,(H,28,29). The van der Waals surface area contributed by atoms with Gasteiger partial charge in [-0.1, -0.05) is 54.6 Å². The highest BCUT2D eigenvalue weighted by molar-refractivity contribution is 5.67. The molecule has 0 saturated carbocycles.